The lowest BCUT2D eigenvalue weighted by atomic mass is 9.86. The average molecular weight is 594 g/mol. The predicted molar refractivity (Wildman–Crippen MR) is 170 cm³/mol. The first-order chi connectivity index (χ1) is 21.3. The van der Waals surface area contributed by atoms with E-state index in [2.05, 4.69) is 46.9 Å². The number of carbonyl (C=O) groups excluding carboxylic acids is 1. The second kappa shape index (κ2) is 11.3. The summed E-state index contributed by atoms with van der Waals surface area (Å²) in [6, 6.07) is 14.9. The molecule has 7 rings (SSSR count). The van der Waals surface area contributed by atoms with E-state index in [0.29, 0.717) is 25.0 Å². The molecule has 228 valence electrons. The topological polar surface area (TPSA) is 110 Å². The van der Waals surface area contributed by atoms with Crippen molar-refractivity contribution in [3.8, 4) is 5.69 Å². The minimum absolute atomic E-state index is 0.113. The number of aromatic nitrogens is 5. The van der Waals surface area contributed by atoms with E-state index in [1.807, 2.05) is 30.1 Å². The molecule has 10 heteroatoms. The number of aliphatic hydroxyl groups is 1. The Morgan fingerprint density at radius 1 is 1.00 bits per heavy atom. The molecule has 0 bridgehead atoms. The van der Waals surface area contributed by atoms with E-state index in [1.165, 1.54) is 18.1 Å². The van der Waals surface area contributed by atoms with Crippen LogP contribution < -0.4 is 11.0 Å². The van der Waals surface area contributed by atoms with Crippen molar-refractivity contribution in [3.63, 3.8) is 0 Å². The molecule has 2 aliphatic heterocycles. The Bertz CT molecular complexity index is 1890. The molecule has 0 spiro atoms. The highest BCUT2D eigenvalue weighted by atomic mass is 16.3. The Morgan fingerprint density at radius 2 is 1.80 bits per heavy atom. The third kappa shape index (κ3) is 5.01. The standard InChI is InChI=1S/C34H39N7O3/c1-21(42)33(43)40-14-4-5-25(20-40)22-6-10-27(11-7-22)41-32-28-15-23(8-13-30(28)36-18-31(32)39(3)34(41)44)24-9-12-29(35-16-24)26-17-37-38(2)19-26/h6-8,10-11,13,15,17-19,21,24-25,29,35,42H,4-5,9,12,14,16,20H2,1-3H3/t21-,24?,25?,29?/m0/s1. The number of nitrogens with one attached hydrogen (secondary N) is 1. The summed E-state index contributed by atoms with van der Waals surface area (Å²) in [5, 5.41) is 18.8. The van der Waals surface area contributed by atoms with E-state index in [9.17, 15) is 14.7 Å². The summed E-state index contributed by atoms with van der Waals surface area (Å²) in [7, 11) is 3.75. The molecule has 2 fully saturated rings. The summed E-state index contributed by atoms with van der Waals surface area (Å²) in [5.74, 6) is 0.339. The lowest BCUT2D eigenvalue weighted by Gasteiger charge is -2.33. The van der Waals surface area contributed by atoms with Gasteiger partial charge in [-0.2, -0.15) is 5.10 Å². The molecule has 4 atom stereocenters. The Balaban J connectivity index is 1.20. The fraction of sp³-hybridized carbons (Fsp3) is 0.412. The van der Waals surface area contributed by atoms with Gasteiger partial charge in [-0.15, -0.1) is 0 Å². The minimum atomic E-state index is -0.989. The van der Waals surface area contributed by atoms with Gasteiger partial charge in [0.15, 0.2) is 0 Å². The number of aryl methyl sites for hydroxylation is 2. The summed E-state index contributed by atoms with van der Waals surface area (Å²) >= 11 is 0. The number of carbonyl (C=O) groups is 1. The summed E-state index contributed by atoms with van der Waals surface area (Å²) in [6.45, 7) is 3.67. The van der Waals surface area contributed by atoms with Crippen LogP contribution in [-0.4, -0.2) is 65.6 Å². The summed E-state index contributed by atoms with van der Waals surface area (Å²) in [4.78, 5) is 32.6. The van der Waals surface area contributed by atoms with Crippen LogP contribution in [0.1, 0.15) is 67.2 Å². The number of hydrogen-bond donors (Lipinski definition) is 2. The van der Waals surface area contributed by atoms with Crippen LogP contribution in [0.15, 0.2) is 65.8 Å². The molecule has 0 aliphatic carbocycles. The molecule has 0 radical (unpaired) electrons. The van der Waals surface area contributed by atoms with Crippen molar-refractivity contribution in [2.45, 2.75) is 56.6 Å². The van der Waals surface area contributed by atoms with Gasteiger partial charge in [-0.3, -0.25) is 23.6 Å². The fourth-order valence-electron chi connectivity index (χ4n) is 7.16. The highest BCUT2D eigenvalue weighted by Gasteiger charge is 2.28. The van der Waals surface area contributed by atoms with Crippen molar-refractivity contribution in [2.75, 3.05) is 19.6 Å². The van der Waals surface area contributed by atoms with Gasteiger partial charge < -0.3 is 15.3 Å². The van der Waals surface area contributed by atoms with Crippen LogP contribution in [-0.2, 0) is 18.9 Å². The average Bonchev–Trinajstić information content (AvgIpc) is 3.60. The van der Waals surface area contributed by atoms with Crippen molar-refractivity contribution < 1.29 is 9.90 Å². The molecule has 2 saturated heterocycles. The molecule has 2 aliphatic rings. The van der Waals surface area contributed by atoms with Gasteiger partial charge in [-0.1, -0.05) is 18.2 Å². The third-order valence-electron chi connectivity index (χ3n) is 9.63. The second-order valence-corrected chi connectivity index (χ2v) is 12.5. The molecule has 2 aromatic carbocycles. The van der Waals surface area contributed by atoms with E-state index in [4.69, 9.17) is 4.98 Å². The number of amides is 1. The highest BCUT2D eigenvalue weighted by Crippen LogP contribution is 2.35. The number of piperidine rings is 2. The van der Waals surface area contributed by atoms with Gasteiger partial charge >= 0.3 is 5.69 Å². The number of hydrogen-bond acceptors (Lipinski definition) is 6. The van der Waals surface area contributed by atoms with E-state index in [-0.39, 0.29) is 17.5 Å². The summed E-state index contributed by atoms with van der Waals surface area (Å²) in [6.07, 6.45) is 8.81. The number of pyridine rings is 1. The van der Waals surface area contributed by atoms with Crippen LogP contribution in [0.25, 0.3) is 27.6 Å². The van der Waals surface area contributed by atoms with Crippen LogP contribution in [0.3, 0.4) is 0 Å². The molecule has 5 heterocycles. The number of rotatable bonds is 5. The van der Waals surface area contributed by atoms with Gasteiger partial charge in [-0.05, 0) is 73.9 Å². The molecule has 3 unspecified atom stereocenters. The van der Waals surface area contributed by atoms with E-state index in [0.717, 1.165) is 65.4 Å². The maximum Gasteiger partial charge on any atom is 0.333 e. The Kier molecular flexibility index (Phi) is 7.34. The molecule has 0 saturated carbocycles. The maximum absolute atomic E-state index is 13.7. The molecule has 5 aromatic rings. The zero-order chi connectivity index (χ0) is 30.5. The molecule has 44 heavy (non-hydrogen) atoms. The van der Waals surface area contributed by atoms with Crippen molar-refractivity contribution >= 4 is 27.8 Å². The third-order valence-corrected chi connectivity index (χ3v) is 9.63. The zero-order valence-electron chi connectivity index (χ0n) is 25.5. The monoisotopic (exact) mass is 593 g/mol. The van der Waals surface area contributed by atoms with Gasteiger partial charge in [0.2, 0.25) is 0 Å². The molecular formula is C34H39N7O3. The van der Waals surface area contributed by atoms with Crippen LogP contribution in [0.4, 0.5) is 0 Å². The lowest BCUT2D eigenvalue weighted by Crippen LogP contribution is -2.43. The van der Waals surface area contributed by atoms with E-state index >= 15 is 0 Å². The van der Waals surface area contributed by atoms with Gasteiger partial charge in [0, 0.05) is 62.8 Å². The highest BCUT2D eigenvalue weighted by molar-refractivity contribution is 6.03. The lowest BCUT2D eigenvalue weighted by molar-refractivity contribution is -0.140. The van der Waals surface area contributed by atoms with Gasteiger partial charge in [0.25, 0.3) is 5.91 Å². The normalized spacial score (nSPS) is 21.6. The molecule has 2 N–H and O–H groups in total. The Morgan fingerprint density at radius 3 is 2.50 bits per heavy atom. The van der Waals surface area contributed by atoms with Crippen LogP contribution in [0.5, 0.6) is 0 Å². The van der Waals surface area contributed by atoms with Crippen LogP contribution >= 0.6 is 0 Å². The van der Waals surface area contributed by atoms with Gasteiger partial charge in [0.1, 0.15) is 6.10 Å². The van der Waals surface area contributed by atoms with Crippen LogP contribution in [0, 0.1) is 0 Å². The minimum Gasteiger partial charge on any atom is -0.384 e. The first-order valence-electron chi connectivity index (χ1n) is 15.6. The molecule has 1 amide bonds. The number of nitrogens with zero attached hydrogens (tertiary/aromatic N) is 6. The number of benzene rings is 2. The van der Waals surface area contributed by atoms with Crippen molar-refractivity contribution in [1.29, 1.82) is 0 Å². The quantitative estimate of drug-likeness (QED) is 0.320. The second-order valence-electron chi connectivity index (χ2n) is 12.5. The largest absolute Gasteiger partial charge is 0.384 e. The predicted octanol–water partition coefficient (Wildman–Crippen LogP) is 3.91. The number of fused-ring (bicyclic) bond motifs is 3. The summed E-state index contributed by atoms with van der Waals surface area (Å²) in [5.41, 5.74) is 6.81. The van der Waals surface area contributed by atoms with E-state index in [1.54, 1.807) is 27.3 Å². The smallest absolute Gasteiger partial charge is 0.333 e. The molecule has 10 nitrogen and oxygen atoms in total. The molecular weight excluding hydrogens is 554 g/mol. The van der Waals surface area contributed by atoms with Gasteiger partial charge in [-0.25, -0.2) is 4.79 Å². The molecule has 3 aromatic heterocycles. The zero-order valence-corrected chi connectivity index (χ0v) is 25.5. The SMILES string of the molecule is C[C@H](O)C(=O)N1CCCC(c2ccc(-n3c(=O)n(C)c4cnc5ccc(C6CCC(c7cnn(C)c7)NC6)cc5c43)cc2)C1. The van der Waals surface area contributed by atoms with E-state index < -0.39 is 6.10 Å². The number of aliphatic hydroxyl groups excluding tert-OH is 1. The van der Waals surface area contributed by atoms with Crippen LogP contribution in [0.2, 0.25) is 0 Å². The first-order valence-corrected chi connectivity index (χ1v) is 15.6. The summed E-state index contributed by atoms with van der Waals surface area (Å²) < 4.78 is 5.32. The Hall–Kier alpha value is -4.28. The van der Waals surface area contributed by atoms with Gasteiger partial charge in [0.05, 0.1) is 34.6 Å². The van der Waals surface area contributed by atoms with Crippen molar-refractivity contribution in [2.24, 2.45) is 14.1 Å². The number of likely N-dealkylation sites (tertiary alicyclic amines) is 1. The number of imidazole rings is 1. The fourth-order valence-corrected chi connectivity index (χ4v) is 7.16. The Labute approximate surface area is 255 Å². The van der Waals surface area contributed by atoms with Crippen molar-refractivity contribution in [1.82, 2.24) is 34.1 Å². The van der Waals surface area contributed by atoms with Crippen molar-refractivity contribution in [3.05, 3.63) is 88.2 Å². The maximum atomic E-state index is 13.7. The first kappa shape index (κ1) is 28.5.